The van der Waals surface area contributed by atoms with Gasteiger partial charge in [-0.2, -0.15) is 0 Å². The summed E-state index contributed by atoms with van der Waals surface area (Å²) in [6.07, 6.45) is -0.219. The Morgan fingerprint density at radius 1 is 1.15 bits per heavy atom. The van der Waals surface area contributed by atoms with Crippen molar-refractivity contribution in [3.8, 4) is 5.88 Å². The number of ether oxygens (including phenoxy) is 3. The Balaban J connectivity index is 1.73. The summed E-state index contributed by atoms with van der Waals surface area (Å²) >= 11 is 0. The number of anilines is 1. The van der Waals surface area contributed by atoms with Crippen LogP contribution in [0.3, 0.4) is 0 Å². The Morgan fingerprint density at radius 3 is 2.44 bits per heavy atom. The van der Waals surface area contributed by atoms with Crippen LogP contribution in [0.15, 0.2) is 34.9 Å². The minimum atomic E-state index is -0.724. The Kier molecular flexibility index (Phi) is 6.93. The fourth-order valence-corrected chi connectivity index (χ4v) is 1.90. The molecule has 0 aliphatic heterocycles. The van der Waals surface area contributed by atoms with Gasteiger partial charge in [-0.3, -0.25) is 4.79 Å². The lowest BCUT2D eigenvalue weighted by molar-refractivity contribution is -0.149. The lowest BCUT2D eigenvalue weighted by atomic mass is 10.2. The van der Waals surface area contributed by atoms with E-state index in [1.165, 1.54) is 18.2 Å². The summed E-state index contributed by atoms with van der Waals surface area (Å²) in [7, 11) is 0. The first kappa shape index (κ1) is 20.0. The zero-order valence-corrected chi connectivity index (χ0v) is 15.2. The highest BCUT2D eigenvalue weighted by Gasteiger charge is 2.12. The lowest BCUT2D eigenvalue weighted by Gasteiger charge is -2.09. The number of esters is 2. The first-order chi connectivity index (χ1) is 12.8. The number of carbonyl (C=O) groups excluding carboxylic acids is 3. The molecule has 27 heavy (non-hydrogen) atoms. The van der Waals surface area contributed by atoms with Gasteiger partial charge in [0.1, 0.15) is 5.76 Å². The molecule has 0 bridgehead atoms. The second kappa shape index (κ2) is 9.37. The van der Waals surface area contributed by atoms with Crippen molar-refractivity contribution in [2.45, 2.75) is 26.9 Å². The molecule has 1 heterocycles. The standard InChI is InChI=1S/C18H20N2O7/c1-11(2)26-18(23)13-4-6-14(7-5-13)19-15(21)9-25-17(22)10-24-16-8-12(3)27-20-16/h4-8,11H,9-10H2,1-3H3,(H,19,21). The molecule has 2 aromatic rings. The van der Waals surface area contributed by atoms with E-state index in [-0.39, 0.29) is 12.0 Å². The quantitative estimate of drug-likeness (QED) is 0.696. The van der Waals surface area contributed by atoms with Gasteiger partial charge >= 0.3 is 11.9 Å². The molecule has 0 aliphatic carbocycles. The Bertz CT molecular complexity index is 796. The highest BCUT2D eigenvalue weighted by Crippen LogP contribution is 2.12. The molecule has 9 nitrogen and oxygen atoms in total. The van der Waals surface area contributed by atoms with E-state index in [1.54, 1.807) is 32.9 Å². The fraction of sp³-hybridized carbons (Fsp3) is 0.333. The van der Waals surface area contributed by atoms with Gasteiger partial charge in [0.05, 0.1) is 11.7 Å². The predicted octanol–water partition coefficient (Wildman–Crippen LogP) is 2.11. The first-order valence-corrected chi connectivity index (χ1v) is 8.16. The normalized spacial score (nSPS) is 10.4. The summed E-state index contributed by atoms with van der Waals surface area (Å²) in [4.78, 5) is 35.1. The van der Waals surface area contributed by atoms with Gasteiger partial charge in [-0.1, -0.05) is 0 Å². The number of benzene rings is 1. The topological polar surface area (TPSA) is 117 Å². The number of rotatable bonds is 8. The van der Waals surface area contributed by atoms with Crippen molar-refractivity contribution in [3.63, 3.8) is 0 Å². The maximum absolute atomic E-state index is 11.8. The maximum Gasteiger partial charge on any atom is 0.344 e. The minimum Gasteiger partial charge on any atom is -0.463 e. The molecular weight excluding hydrogens is 356 g/mol. The van der Waals surface area contributed by atoms with E-state index < -0.39 is 31.1 Å². The third-order valence-electron chi connectivity index (χ3n) is 3.06. The summed E-state index contributed by atoms with van der Waals surface area (Å²) in [6, 6.07) is 7.67. The average Bonchev–Trinajstić information content (AvgIpc) is 3.03. The molecule has 0 fully saturated rings. The fourth-order valence-electron chi connectivity index (χ4n) is 1.90. The van der Waals surface area contributed by atoms with Crippen LogP contribution >= 0.6 is 0 Å². The number of aryl methyl sites for hydroxylation is 1. The molecule has 1 aromatic carbocycles. The van der Waals surface area contributed by atoms with E-state index in [4.69, 9.17) is 18.7 Å². The second-order valence-corrected chi connectivity index (χ2v) is 5.80. The first-order valence-electron chi connectivity index (χ1n) is 8.16. The number of hydrogen-bond donors (Lipinski definition) is 1. The molecule has 1 amide bonds. The second-order valence-electron chi connectivity index (χ2n) is 5.80. The van der Waals surface area contributed by atoms with Gasteiger partial charge in [0.15, 0.2) is 13.2 Å². The molecule has 0 atom stereocenters. The van der Waals surface area contributed by atoms with Crippen LogP contribution in [0, 0.1) is 6.92 Å². The van der Waals surface area contributed by atoms with Crippen molar-refractivity contribution in [2.75, 3.05) is 18.5 Å². The Hall–Kier alpha value is -3.36. The van der Waals surface area contributed by atoms with Crippen LogP contribution in [0.2, 0.25) is 0 Å². The van der Waals surface area contributed by atoms with Crippen LogP contribution in [0.4, 0.5) is 5.69 Å². The number of amides is 1. The van der Waals surface area contributed by atoms with Crippen molar-refractivity contribution < 1.29 is 33.1 Å². The highest BCUT2D eigenvalue weighted by atomic mass is 16.6. The molecule has 144 valence electrons. The molecule has 0 radical (unpaired) electrons. The van der Waals surface area contributed by atoms with Gasteiger partial charge in [-0.05, 0) is 50.2 Å². The number of aromatic nitrogens is 1. The number of carbonyl (C=O) groups is 3. The average molecular weight is 376 g/mol. The van der Waals surface area contributed by atoms with E-state index in [2.05, 4.69) is 10.5 Å². The predicted molar refractivity (Wildman–Crippen MR) is 93.3 cm³/mol. The largest absolute Gasteiger partial charge is 0.463 e. The van der Waals surface area contributed by atoms with E-state index in [0.29, 0.717) is 17.0 Å². The van der Waals surface area contributed by atoms with Crippen LogP contribution in [0.5, 0.6) is 5.88 Å². The smallest absolute Gasteiger partial charge is 0.344 e. The van der Waals surface area contributed by atoms with Crippen molar-refractivity contribution in [1.29, 1.82) is 0 Å². The van der Waals surface area contributed by atoms with Gasteiger partial charge in [0.25, 0.3) is 11.8 Å². The Morgan fingerprint density at radius 2 is 1.85 bits per heavy atom. The molecule has 0 unspecified atom stereocenters. The monoisotopic (exact) mass is 376 g/mol. The molecule has 0 spiro atoms. The Labute approximate surface area is 155 Å². The van der Waals surface area contributed by atoms with E-state index in [9.17, 15) is 14.4 Å². The van der Waals surface area contributed by atoms with Crippen molar-refractivity contribution in [3.05, 3.63) is 41.7 Å². The van der Waals surface area contributed by atoms with Crippen LogP contribution in [0.25, 0.3) is 0 Å². The molecule has 1 aromatic heterocycles. The maximum atomic E-state index is 11.8. The van der Waals surface area contributed by atoms with Gasteiger partial charge in [0.2, 0.25) is 0 Å². The molecule has 0 saturated carbocycles. The van der Waals surface area contributed by atoms with Crippen LogP contribution in [-0.4, -0.2) is 42.3 Å². The van der Waals surface area contributed by atoms with Crippen molar-refractivity contribution >= 4 is 23.5 Å². The number of nitrogens with one attached hydrogen (secondary N) is 1. The van der Waals surface area contributed by atoms with E-state index in [1.807, 2.05) is 0 Å². The summed E-state index contributed by atoms with van der Waals surface area (Å²) < 4.78 is 19.7. The third-order valence-corrected chi connectivity index (χ3v) is 3.06. The number of nitrogens with zero attached hydrogens (tertiary/aromatic N) is 1. The van der Waals surface area contributed by atoms with Crippen LogP contribution in [-0.2, 0) is 19.1 Å². The van der Waals surface area contributed by atoms with E-state index in [0.717, 1.165) is 0 Å². The summed E-state index contributed by atoms with van der Waals surface area (Å²) in [6.45, 7) is 4.32. The van der Waals surface area contributed by atoms with Crippen LogP contribution < -0.4 is 10.1 Å². The van der Waals surface area contributed by atoms with Gasteiger partial charge < -0.3 is 24.1 Å². The molecule has 9 heteroatoms. The zero-order valence-electron chi connectivity index (χ0n) is 15.2. The molecule has 1 N–H and O–H groups in total. The minimum absolute atomic E-state index is 0.157. The van der Waals surface area contributed by atoms with Crippen molar-refractivity contribution in [2.24, 2.45) is 0 Å². The summed E-state index contributed by atoms with van der Waals surface area (Å²) in [5.41, 5.74) is 0.819. The van der Waals surface area contributed by atoms with Gasteiger partial charge in [-0.15, -0.1) is 0 Å². The van der Waals surface area contributed by atoms with Gasteiger partial charge in [0, 0.05) is 11.8 Å². The van der Waals surface area contributed by atoms with Gasteiger partial charge in [-0.25, -0.2) is 9.59 Å². The number of hydrogen-bond acceptors (Lipinski definition) is 8. The molecule has 0 aliphatic rings. The SMILES string of the molecule is Cc1cc(OCC(=O)OCC(=O)Nc2ccc(C(=O)OC(C)C)cc2)no1. The van der Waals surface area contributed by atoms with Crippen LogP contribution in [0.1, 0.15) is 30.0 Å². The third kappa shape index (κ3) is 6.81. The zero-order chi connectivity index (χ0) is 19.8. The molecular formula is C18H20N2O7. The highest BCUT2D eigenvalue weighted by molar-refractivity contribution is 5.94. The lowest BCUT2D eigenvalue weighted by Crippen LogP contribution is -2.23. The summed E-state index contributed by atoms with van der Waals surface area (Å²) in [5.74, 6) is -0.999. The molecule has 2 rings (SSSR count). The van der Waals surface area contributed by atoms with Crippen molar-refractivity contribution in [1.82, 2.24) is 5.16 Å². The molecule has 0 saturated heterocycles. The van der Waals surface area contributed by atoms with E-state index >= 15 is 0 Å². The summed E-state index contributed by atoms with van der Waals surface area (Å²) in [5, 5.41) is 6.10.